The van der Waals surface area contributed by atoms with E-state index in [9.17, 15) is 9.59 Å². The van der Waals surface area contributed by atoms with Gasteiger partial charge < -0.3 is 15.0 Å². The first-order valence-electron chi connectivity index (χ1n) is 10.0. The Morgan fingerprint density at radius 2 is 1.80 bits per heavy atom. The van der Waals surface area contributed by atoms with E-state index in [1.807, 2.05) is 51.1 Å². The minimum Gasteiger partial charge on any atom is -0.482 e. The topological polar surface area (TPSA) is 58.6 Å². The smallest absolute Gasteiger partial charge is 0.261 e. The van der Waals surface area contributed by atoms with Crippen LogP contribution < -0.4 is 10.1 Å². The van der Waals surface area contributed by atoms with Gasteiger partial charge in [-0.3, -0.25) is 9.59 Å². The fourth-order valence-corrected chi connectivity index (χ4v) is 3.55. The van der Waals surface area contributed by atoms with E-state index in [0.29, 0.717) is 35.2 Å². The van der Waals surface area contributed by atoms with Crippen LogP contribution in [0.2, 0.25) is 10.0 Å². The highest BCUT2D eigenvalue weighted by molar-refractivity contribution is 6.35. The van der Waals surface area contributed by atoms with Gasteiger partial charge in [-0.1, -0.05) is 60.5 Å². The Bertz CT molecular complexity index is 844. The van der Waals surface area contributed by atoms with Crippen molar-refractivity contribution in [2.75, 3.05) is 13.2 Å². The summed E-state index contributed by atoms with van der Waals surface area (Å²) in [6.45, 7) is 5.87. The van der Waals surface area contributed by atoms with E-state index in [2.05, 4.69) is 5.32 Å². The molecule has 1 N–H and O–H groups in total. The second kappa shape index (κ2) is 11.8. The number of carbonyl (C=O) groups is 2. The minimum absolute atomic E-state index is 0.0123. The number of nitrogens with one attached hydrogen (secondary N) is 1. The van der Waals surface area contributed by atoms with E-state index in [-0.39, 0.29) is 24.5 Å². The molecule has 0 aromatic heterocycles. The molecular formula is C23H28Cl2N2O3. The number of halogens is 2. The van der Waals surface area contributed by atoms with Crippen LogP contribution in [0.15, 0.2) is 48.5 Å². The number of benzene rings is 2. The van der Waals surface area contributed by atoms with E-state index >= 15 is 0 Å². The molecule has 5 nitrogen and oxygen atoms in total. The Balaban J connectivity index is 2.14. The molecule has 0 bridgehead atoms. The molecule has 2 aromatic carbocycles. The molecular weight excluding hydrogens is 423 g/mol. The first kappa shape index (κ1) is 24.0. The van der Waals surface area contributed by atoms with Crippen LogP contribution >= 0.6 is 23.2 Å². The SMILES string of the molecule is CCC(C(=O)NC(C)C)N(CCc1ccccc1)C(=O)COc1ccc(Cl)cc1Cl. The lowest BCUT2D eigenvalue weighted by Crippen LogP contribution is -2.52. The van der Waals surface area contributed by atoms with Gasteiger partial charge in [0.2, 0.25) is 5.91 Å². The number of nitrogens with zero attached hydrogens (tertiary/aromatic N) is 1. The molecule has 2 aromatic rings. The molecule has 0 saturated carbocycles. The first-order valence-corrected chi connectivity index (χ1v) is 10.8. The van der Waals surface area contributed by atoms with Crippen LogP contribution in [0, 0.1) is 0 Å². The lowest BCUT2D eigenvalue weighted by atomic mass is 10.1. The number of carbonyl (C=O) groups excluding carboxylic acids is 2. The van der Waals surface area contributed by atoms with Gasteiger partial charge in [0.1, 0.15) is 11.8 Å². The molecule has 0 radical (unpaired) electrons. The van der Waals surface area contributed by atoms with Crippen LogP contribution in [0.1, 0.15) is 32.8 Å². The van der Waals surface area contributed by atoms with Crippen molar-refractivity contribution in [1.29, 1.82) is 0 Å². The number of rotatable bonds is 10. The normalized spacial score (nSPS) is 11.8. The summed E-state index contributed by atoms with van der Waals surface area (Å²) in [4.78, 5) is 27.4. The Labute approximate surface area is 188 Å². The molecule has 162 valence electrons. The molecule has 1 atom stereocenters. The molecule has 0 aliphatic rings. The number of hydrogen-bond donors (Lipinski definition) is 1. The number of amides is 2. The van der Waals surface area contributed by atoms with Crippen molar-refractivity contribution in [3.63, 3.8) is 0 Å². The van der Waals surface area contributed by atoms with Crippen molar-refractivity contribution in [1.82, 2.24) is 10.2 Å². The summed E-state index contributed by atoms with van der Waals surface area (Å²) in [5, 5.41) is 3.72. The minimum atomic E-state index is -0.576. The standard InChI is InChI=1S/C23H28Cl2N2O3/c1-4-20(23(29)26-16(2)3)27(13-12-17-8-6-5-7-9-17)22(28)15-30-21-11-10-18(24)14-19(21)25/h5-11,14,16,20H,4,12-13,15H2,1-3H3,(H,26,29). The van der Waals surface area contributed by atoms with Crippen LogP contribution in [0.25, 0.3) is 0 Å². The summed E-state index contributed by atoms with van der Waals surface area (Å²) in [6.07, 6.45) is 1.14. The highest BCUT2D eigenvalue weighted by Gasteiger charge is 2.29. The maximum atomic E-state index is 13.1. The third-order valence-electron chi connectivity index (χ3n) is 4.55. The van der Waals surface area contributed by atoms with Crippen molar-refractivity contribution >= 4 is 35.0 Å². The highest BCUT2D eigenvalue weighted by Crippen LogP contribution is 2.27. The third kappa shape index (κ3) is 7.22. The molecule has 1 unspecified atom stereocenters. The fraction of sp³-hybridized carbons (Fsp3) is 0.391. The third-order valence-corrected chi connectivity index (χ3v) is 5.08. The average molecular weight is 451 g/mol. The average Bonchev–Trinajstić information content (AvgIpc) is 2.70. The van der Waals surface area contributed by atoms with Gasteiger partial charge in [-0.05, 0) is 50.5 Å². The lowest BCUT2D eigenvalue weighted by molar-refractivity contribution is -0.142. The molecule has 30 heavy (non-hydrogen) atoms. The molecule has 2 rings (SSSR count). The van der Waals surface area contributed by atoms with Gasteiger partial charge in [-0.25, -0.2) is 0 Å². The molecule has 0 spiro atoms. The summed E-state index contributed by atoms with van der Waals surface area (Å²) >= 11 is 12.0. The second-order valence-corrected chi connectivity index (χ2v) is 8.12. The zero-order chi connectivity index (χ0) is 22.1. The predicted octanol–water partition coefficient (Wildman–Crippen LogP) is 4.75. The zero-order valence-corrected chi connectivity index (χ0v) is 19.0. The van der Waals surface area contributed by atoms with E-state index in [1.54, 1.807) is 23.1 Å². The largest absolute Gasteiger partial charge is 0.482 e. The maximum absolute atomic E-state index is 13.1. The van der Waals surface area contributed by atoms with Crippen molar-refractivity contribution in [3.8, 4) is 5.75 Å². The van der Waals surface area contributed by atoms with Crippen LogP contribution in [-0.4, -0.2) is 41.9 Å². The van der Waals surface area contributed by atoms with Gasteiger partial charge >= 0.3 is 0 Å². The lowest BCUT2D eigenvalue weighted by Gasteiger charge is -2.31. The molecule has 0 heterocycles. The monoisotopic (exact) mass is 450 g/mol. The quantitative estimate of drug-likeness (QED) is 0.568. The zero-order valence-electron chi connectivity index (χ0n) is 17.5. The highest BCUT2D eigenvalue weighted by atomic mass is 35.5. The van der Waals surface area contributed by atoms with Crippen molar-refractivity contribution in [2.45, 2.75) is 45.7 Å². The van der Waals surface area contributed by atoms with Crippen LogP contribution in [0.5, 0.6) is 5.75 Å². The van der Waals surface area contributed by atoms with Gasteiger partial charge in [0.25, 0.3) is 5.91 Å². The number of hydrogen-bond acceptors (Lipinski definition) is 3. The van der Waals surface area contributed by atoms with Gasteiger partial charge in [0.15, 0.2) is 6.61 Å². The summed E-state index contributed by atoms with van der Waals surface area (Å²) in [7, 11) is 0. The summed E-state index contributed by atoms with van der Waals surface area (Å²) in [6, 6.07) is 14.1. The molecule has 0 aliphatic heterocycles. The van der Waals surface area contributed by atoms with E-state index in [4.69, 9.17) is 27.9 Å². The van der Waals surface area contributed by atoms with E-state index in [1.165, 1.54) is 0 Å². The van der Waals surface area contributed by atoms with E-state index in [0.717, 1.165) is 5.56 Å². The summed E-state index contributed by atoms with van der Waals surface area (Å²) in [5.74, 6) is -0.0711. The Kier molecular flexibility index (Phi) is 9.47. The molecule has 2 amide bonds. The van der Waals surface area contributed by atoms with Gasteiger partial charge in [0, 0.05) is 17.6 Å². The Morgan fingerprint density at radius 3 is 2.40 bits per heavy atom. The summed E-state index contributed by atoms with van der Waals surface area (Å²) < 4.78 is 5.63. The molecule has 7 heteroatoms. The molecule has 0 aliphatic carbocycles. The van der Waals surface area contributed by atoms with Gasteiger partial charge in [-0.2, -0.15) is 0 Å². The van der Waals surface area contributed by atoms with Crippen molar-refractivity contribution in [2.24, 2.45) is 0 Å². The van der Waals surface area contributed by atoms with Crippen LogP contribution in [-0.2, 0) is 16.0 Å². The summed E-state index contributed by atoms with van der Waals surface area (Å²) in [5.41, 5.74) is 1.09. The van der Waals surface area contributed by atoms with Crippen molar-refractivity contribution in [3.05, 3.63) is 64.1 Å². The Morgan fingerprint density at radius 1 is 1.10 bits per heavy atom. The van der Waals surface area contributed by atoms with E-state index < -0.39 is 6.04 Å². The van der Waals surface area contributed by atoms with Gasteiger partial charge in [0.05, 0.1) is 5.02 Å². The fourth-order valence-electron chi connectivity index (χ4n) is 3.09. The Hall–Kier alpha value is -2.24. The number of ether oxygens (including phenoxy) is 1. The van der Waals surface area contributed by atoms with Crippen LogP contribution in [0.4, 0.5) is 0 Å². The maximum Gasteiger partial charge on any atom is 0.261 e. The van der Waals surface area contributed by atoms with Crippen molar-refractivity contribution < 1.29 is 14.3 Å². The first-order chi connectivity index (χ1) is 14.3. The molecule has 0 saturated heterocycles. The molecule has 0 fully saturated rings. The van der Waals surface area contributed by atoms with Gasteiger partial charge in [-0.15, -0.1) is 0 Å². The predicted molar refractivity (Wildman–Crippen MR) is 121 cm³/mol. The van der Waals surface area contributed by atoms with Crippen LogP contribution in [0.3, 0.4) is 0 Å². The second-order valence-electron chi connectivity index (χ2n) is 7.27.